The number of benzene rings is 5. The molecule has 5 aromatic rings. The van der Waals surface area contributed by atoms with E-state index < -0.39 is 0 Å². The Kier molecular flexibility index (Phi) is 8.33. The molecule has 0 fully saturated rings. The van der Waals surface area contributed by atoms with Crippen LogP contribution in [-0.4, -0.2) is 6.71 Å². The molecule has 0 radical (unpaired) electrons. The van der Waals surface area contributed by atoms with E-state index in [-0.39, 0.29) is 17.5 Å². The zero-order valence-electron chi connectivity index (χ0n) is 32.5. The van der Waals surface area contributed by atoms with Crippen molar-refractivity contribution < 1.29 is 0 Å². The van der Waals surface area contributed by atoms with Crippen LogP contribution in [0, 0.1) is 11.8 Å². The minimum absolute atomic E-state index is 0.0199. The summed E-state index contributed by atoms with van der Waals surface area (Å²) in [5.74, 6) is 1.11. The minimum Gasteiger partial charge on any atom is -0.315 e. The Balaban J connectivity index is 1.35. The Morgan fingerprint density at radius 3 is 1.83 bits per heavy atom. The van der Waals surface area contributed by atoms with Crippen LogP contribution in [0.5, 0.6) is 0 Å². The molecule has 0 saturated carbocycles. The Bertz CT molecular complexity index is 2250. The van der Waals surface area contributed by atoms with E-state index in [2.05, 4.69) is 179 Å². The van der Waals surface area contributed by atoms with Crippen molar-refractivity contribution in [2.24, 2.45) is 11.8 Å². The lowest BCUT2D eigenvalue weighted by Crippen LogP contribution is -2.62. The van der Waals surface area contributed by atoms with Gasteiger partial charge in [0.05, 0.1) is 5.69 Å². The van der Waals surface area contributed by atoms with E-state index in [0.29, 0.717) is 11.8 Å². The highest BCUT2D eigenvalue weighted by molar-refractivity contribution is 7.00. The van der Waals surface area contributed by atoms with E-state index >= 15 is 0 Å². The van der Waals surface area contributed by atoms with Gasteiger partial charge in [-0.2, -0.15) is 0 Å². The van der Waals surface area contributed by atoms with Crippen molar-refractivity contribution in [1.82, 2.24) is 0 Å². The fraction of sp³-hybridized carbons (Fsp3) is 0.320. The van der Waals surface area contributed by atoms with Gasteiger partial charge in [-0.1, -0.05) is 139 Å². The van der Waals surface area contributed by atoms with Gasteiger partial charge in [-0.15, -0.1) is 0 Å². The maximum Gasteiger partial charge on any atom is 0.252 e. The number of para-hydroxylation sites is 1. The lowest BCUT2D eigenvalue weighted by molar-refractivity contribution is 0.360. The third-order valence-electron chi connectivity index (χ3n) is 12.5. The summed E-state index contributed by atoms with van der Waals surface area (Å²) in [5.41, 5.74) is 17.6. The maximum absolute atomic E-state index is 2.73. The van der Waals surface area contributed by atoms with Gasteiger partial charge < -0.3 is 9.80 Å². The van der Waals surface area contributed by atoms with E-state index in [1.807, 2.05) is 0 Å². The molecule has 0 saturated heterocycles. The van der Waals surface area contributed by atoms with Crippen molar-refractivity contribution in [2.75, 3.05) is 9.80 Å². The first-order chi connectivity index (χ1) is 25.6. The first-order valence-electron chi connectivity index (χ1n) is 20.1. The summed E-state index contributed by atoms with van der Waals surface area (Å²) in [6.07, 6.45) is 15.1. The van der Waals surface area contributed by atoms with Crippen LogP contribution in [0.4, 0.5) is 28.4 Å². The fourth-order valence-electron chi connectivity index (χ4n) is 9.70. The van der Waals surface area contributed by atoms with Gasteiger partial charge in [0.25, 0.3) is 6.71 Å². The molecule has 266 valence electrons. The molecule has 2 heterocycles. The number of hydrogen-bond acceptors (Lipinski definition) is 2. The summed E-state index contributed by atoms with van der Waals surface area (Å²) in [5, 5.41) is 0. The van der Waals surface area contributed by atoms with Crippen LogP contribution in [0.1, 0.15) is 91.2 Å². The van der Waals surface area contributed by atoms with Gasteiger partial charge in [0.15, 0.2) is 0 Å². The maximum atomic E-state index is 2.73. The van der Waals surface area contributed by atoms with Gasteiger partial charge >= 0.3 is 0 Å². The van der Waals surface area contributed by atoms with Crippen LogP contribution < -0.4 is 26.2 Å². The molecular formula is C50H53BN2. The normalized spacial score (nSPS) is 19.4. The van der Waals surface area contributed by atoms with Crippen LogP contribution in [0.25, 0.3) is 11.1 Å². The first kappa shape index (κ1) is 34.0. The highest BCUT2D eigenvalue weighted by Crippen LogP contribution is 2.48. The average molecular weight is 693 g/mol. The Morgan fingerprint density at radius 2 is 1.17 bits per heavy atom. The Labute approximate surface area is 318 Å². The van der Waals surface area contributed by atoms with Gasteiger partial charge in [0.1, 0.15) is 0 Å². The third kappa shape index (κ3) is 5.79. The summed E-state index contributed by atoms with van der Waals surface area (Å²) in [4.78, 5) is 5.32. The number of fused-ring (bicyclic) bond motifs is 4. The minimum atomic E-state index is 0.0199. The van der Waals surface area contributed by atoms with Crippen LogP contribution >= 0.6 is 0 Å². The molecule has 2 unspecified atom stereocenters. The lowest BCUT2D eigenvalue weighted by atomic mass is 9.33. The summed E-state index contributed by atoms with van der Waals surface area (Å²) >= 11 is 0. The number of hydrogen-bond donors (Lipinski definition) is 0. The molecular weight excluding hydrogens is 639 g/mol. The summed E-state index contributed by atoms with van der Waals surface area (Å²) in [6, 6.07) is 41.9. The van der Waals surface area contributed by atoms with Crippen molar-refractivity contribution in [3.05, 3.63) is 144 Å². The molecule has 0 amide bonds. The molecule has 2 nitrogen and oxygen atoms in total. The molecule has 0 spiro atoms. The number of rotatable bonds is 4. The number of anilines is 5. The summed E-state index contributed by atoms with van der Waals surface area (Å²) < 4.78 is 0. The topological polar surface area (TPSA) is 6.48 Å². The van der Waals surface area contributed by atoms with Gasteiger partial charge in [-0.25, -0.2) is 0 Å². The molecule has 0 aromatic heterocycles. The molecule has 4 aliphatic rings. The van der Waals surface area contributed by atoms with E-state index in [9.17, 15) is 0 Å². The van der Waals surface area contributed by atoms with Crippen molar-refractivity contribution in [1.29, 1.82) is 0 Å². The van der Waals surface area contributed by atoms with E-state index in [4.69, 9.17) is 0 Å². The van der Waals surface area contributed by atoms with Gasteiger partial charge in [0, 0.05) is 39.9 Å². The Morgan fingerprint density at radius 1 is 0.566 bits per heavy atom. The second-order valence-electron chi connectivity index (χ2n) is 17.9. The predicted molar refractivity (Wildman–Crippen MR) is 229 cm³/mol. The number of nitrogens with zero attached hydrogens (tertiary/aromatic N) is 2. The van der Waals surface area contributed by atoms with Crippen molar-refractivity contribution in [2.45, 2.75) is 90.9 Å². The van der Waals surface area contributed by atoms with Crippen LogP contribution in [0.3, 0.4) is 0 Å². The molecule has 2 aliphatic heterocycles. The summed E-state index contributed by atoms with van der Waals surface area (Å²) in [7, 11) is 0. The predicted octanol–water partition coefficient (Wildman–Crippen LogP) is 11.7. The van der Waals surface area contributed by atoms with Crippen molar-refractivity contribution >= 4 is 51.5 Å². The van der Waals surface area contributed by atoms with Crippen LogP contribution in [-0.2, 0) is 10.8 Å². The molecule has 2 aliphatic carbocycles. The molecule has 0 bridgehead atoms. The van der Waals surface area contributed by atoms with Crippen molar-refractivity contribution in [3.63, 3.8) is 0 Å². The quantitative estimate of drug-likeness (QED) is 0.134. The second-order valence-corrected chi connectivity index (χ2v) is 17.9. The first-order valence-corrected chi connectivity index (χ1v) is 20.1. The molecule has 0 N–H and O–H groups in total. The molecule has 53 heavy (non-hydrogen) atoms. The van der Waals surface area contributed by atoms with Crippen LogP contribution in [0.15, 0.2) is 133 Å². The van der Waals surface area contributed by atoms with E-state index in [0.717, 1.165) is 6.42 Å². The fourth-order valence-corrected chi connectivity index (χ4v) is 9.70. The highest BCUT2D eigenvalue weighted by Gasteiger charge is 2.45. The largest absolute Gasteiger partial charge is 0.315 e. The third-order valence-corrected chi connectivity index (χ3v) is 12.5. The molecule has 9 rings (SSSR count). The molecule has 3 heteroatoms. The van der Waals surface area contributed by atoms with Crippen molar-refractivity contribution in [3.8, 4) is 11.1 Å². The van der Waals surface area contributed by atoms with Gasteiger partial charge in [-0.3, -0.25) is 0 Å². The zero-order chi connectivity index (χ0) is 36.5. The SMILES string of the molecule is CC(C)(C)c1ccc2c(c1)B1c3cc(C(C)(C)C)ccc3N(c3ccccc3-c3ccccc3)c3cccc(c31)N2C1=CCCCC1C1C=CCCC1. The second kappa shape index (κ2) is 13.0. The van der Waals surface area contributed by atoms with Gasteiger partial charge in [0.2, 0.25) is 0 Å². The van der Waals surface area contributed by atoms with E-state index in [1.165, 1.54) is 105 Å². The Hall–Kier alpha value is -4.76. The van der Waals surface area contributed by atoms with Gasteiger partial charge in [-0.05, 0) is 119 Å². The lowest BCUT2D eigenvalue weighted by Gasteiger charge is -2.47. The smallest absolute Gasteiger partial charge is 0.252 e. The molecule has 2 atom stereocenters. The van der Waals surface area contributed by atoms with Crippen LogP contribution in [0.2, 0.25) is 0 Å². The van der Waals surface area contributed by atoms with E-state index in [1.54, 1.807) is 0 Å². The average Bonchev–Trinajstić information content (AvgIpc) is 3.17. The zero-order valence-corrected chi connectivity index (χ0v) is 32.5. The number of allylic oxidation sites excluding steroid dienone is 4. The summed E-state index contributed by atoms with van der Waals surface area (Å²) in [6.45, 7) is 14.2. The standard InChI is InChI=1S/C50H53BN2/c1-49(2,3)36-28-30-44-40(32-36)51-41-33-37(50(4,5)6)29-31-45(41)53(43-25-16-14-23-39(43)35-20-11-8-12-21-35)47-27-17-26-46(48(47)51)52(44)42-24-15-13-22-38(42)34-18-9-7-10-19-34/h7,9-11,13,15,17-20,22,24-33,35,39H,8,12,14,16,21,23H2,1-6H3. The molecule has 5 aromatic carbocycles. The monoisotopic (exact) mass is 692 g/mol. The highest BCUT2D eigenvalue weighted by atomic mass is 15.2.